The molecule has 1 amide bonds. The molecule has 0 unspecified atom stereocenters. The van der Waals surface area contributed by atoms with E-state index in [-0.39, 0.29) is 11.7 Å². The Bertz CT molecular complexity index is 805. The van der Waals surface area contributed by atoms with Gasteiger partial charge in [-0.3, -0.25) is 4.79 Å². The van der Waals surface area contributed by atoms with Gasteiger partial charge >= 0.3 is 0 Å². The van der Waals surface area contributed by atoms with E-state index in [0.29, 0.717) is 49.1 Å². The minimum atomic E-state index is -0.354. The molecule has 1 fully saturated rings. The summed E-state index contributed by atoms with van der Waals surface area (Å²) in [6.07, 6.45) is 1.99. The number of carbonyl (C=O) groups excluding carboxylic acids is 1. The summed E-state index contributed by atoms with van der Waals surface area (Å²) in [6, 6.07) is 6.59. The molecule has 0 bridgehead atoms. The Morgan fingerprint density at radius 1 is 1.20 bits per heavy atom. The average molecular weight is 362 g/mol. The van der Waals surface area contributed by atoms with Gasteiger partial charge in [0.2, 0.25) is 0 Å². The topological polar surface area (TPSA) is 45.7 Å². The van der Waals surface area contributed by atoms with Gasteiger partial charge in [0.05, 0.1) is 18.4 Å². The predicted molar refractivity (Wildman–Crippen MR) is 93.0 cm³/mol. The normalized spacial score (nSPS) is 16.6. The fourth-order valence-corrected chi connectivity index (χ4v) is 3.53. The zero-order valence-electron chi connectivity index (χ0n) is 13.5. The number of ether oxygens (including phenoxy) is 1. The van der Waals surface area contributed by atoms with Crippen LogP contribution in [0, 0.1) is 5.82 Å². The monoisotopic (exact) mass is 361 g/mol. The molecular formula is C18H17ClFN3O2. The molecule has 1 aromatic heterocycles. The maximum absolute atomic E-state index is 13.0. The van der Waals surface area contributed by atoms with Crippen molar-refractivity contribution >= 4 is 23.3 Å². The maximum atomic E-state index is 13.0. The van der Waals surface area contributed by atoms with Crippen molar-refractivity contribution < 1.29 is 13.9 Å². The standard InChI is InChI=1S/C18H17ClFN3O2/c19-13-9-12-3-8-25-17(12)15(10-13)18(24)23-6-4-22(5-7-23)16-2-1-14(20)11-21-16/h1-2,9-11H,3-8H2. The molecule has 3 heterocycles. The van der Waals surface area contributed by atoms with Gasteiger partial charge in [0.25, 0.3) is 5.91 Å². The molecule has 0 N–H and O–H groups in total. The Hall–Kier alpha value is -2.34. The Kier molecular flexibility index (Phi) is 4.21. The quantitative estimate of drug-likeness (QED) is 0.825. The summed E-state index contributed by atoms with van der Waals surface area (Å²) < 4.78 is 18.6. The summed E-state index contributed by atoms with van der Waals surface area (Å²) in [6.45, 7) is 3.01. The van der Waals surface area contributed by atoms with Crippen LogP contribution in [0.3, 0.4) is 0 Å². The lowest BCUT2D eigenvalue weighted by molar-refractivity contribution is 0.0743. The minimum absolute atomic E-state index is 0.0626. The summed E-state index contributed by atoms with van der Waals surface area (Å²) in [5.74, 6) is 0.970. The van der Waals surface area contributed by atoms with Gasteiger partial charge in [-0.2, -0.15) is 0 Å². The summed E-state index contributed by atoms with van der Waals surface area (Å²) >= 11 is 6.15. The molecule has 7 heteroatoms. The molecule has 4 rings (SSSR count). The molecule has 2 aromatic rings. The van der Waals surface area contributed by atoms with Crippen LogP contribution < -0.4 is 9.64 Å². The van der Waals surface area contributed by atoms with Crippen molar-refractivity contribution in [2.24, 2.45) is 0 Å². The van der Waals surface area contributed by atoms with Crippen LogP contribution in [-0.2, 0) is 6.42 Å². The molecule has 0 atom stereocenters. The molecule has 0 spiro atoms. The van der Waals surface area contributed by atoms with Gasteiger partial charge in [0.1, 0.15) is 17.4 Å². The maximum Gasteiger partial charge on any atom is 0.257 e. The van der Waals surface area contributed by atoms with E-state index in [1.165, 1.54) is 12.3 Å². The highest BCUT2D eigenvalue weighted by atomic mass is 35.5. The fourth-order valence-electron chi connectivity index (χ4n) is 3.29. The van der Waals surface area contributed by atoms with Gasteiger partial charge in [-0.25, -0.2) is 9.37 Å². The van der Waals surface area contributed by atoms with E-state index in [0.717, 1.165) is 17.8 Å². The van der Waals surface area contributed by atoms with Gasteiger partial charge in [0.15, 0.2) is 0 Å². The van der Waals surface area contributed by atoms with Crippen molar-refractivity contribution in [1.29, 1.82) is 0 Å². The number of amides is 1. The van der Waals surface area contributed by atoms with Crippen molar-refractivity contribution in [3.8, 4) is 5.75 Å². The Morgan fingerprint density at radius 3 is 2.72 bits per heavy atom. The van der Waals surface area contributed by atoms with Crippen LogP contribution in [-0.4, -0.2) is 48.6 Å². The third-order valence-electron chi connectivity index (χ3n) is 4.58. The van der Waals surface area contributed by atoms with Crippen LogP contribution in [0.5, 0.6) is 5.75 Å². The second-order valence-corrected chi connectivity index (χ2v) is 6.59. The van der Waals surface area contributed by atoms with E-state index in [1.807, 2.05) is 11.0 Å². The van der Waals surface area contributed by atoms with Crippen molar-refractivity contribution in [1.82, 2.24) is 9.88 Å². The molecule has 2 aliphatic heterocycles. The van der Waals surface area contributed by atoms with Gasteiger partial charge < -0.3 is 14.5 Å². The number of benzene rings is 1. The number of nitrogens with zero attached hydrogens (tertiary/aromatic N) is 3. The second kappa shape index (κ2) is 6.52. The number of piperazine rings is 1. The molecule has 1 saturated heterocycles. The van der Waals surface area contributed by atoms with Crippen molar-refractivity contribution in [3.63, 3.8) is 0 Å². The lowest BCUT2D eigenvalue weighted by Gasteiger charge is -2.35. The Labute approximate surface area is 150 Å². The molecule has 2 aliphatic rings. The molecule has 0 aliphatic carbocycles. The van der Waals surface area contributed by atoms with E-state index in [1.54, 1.807) is 17.0 Å². The lowest BCUT2D eigenvalue weighted by atomic mass is 10.1. The molecule has 0 radical (unpaired) electrons. The van der Waals surface area contributed by atoms with Gasteiger partial charge in [0, 0.05) is 37.6 Å². The van der Waals surface area contributed by atoms with Crippen molar-refractivity contribution in [2.75, 3.05) is 37.7 Å². The number of halogens is 2. The number of carbonyl (C=O) groups is 1. The van der Waals surface area contributed by atoms with E-state index >= 15 is 0 Å². The largest absolute Gasteiger partial charge is 0.492 e. The van der Waals surface area contributed by atoms with Crippen LogP contribution in [0.1, 0.15) is 15.9 Å². The van der Waals surface area contributed by atoms with Crippen LogP contribution in [0.15, 0.2) is 30.5 Å². The minimum Gasteiger partial charge on any atom is -0.492 e. The highest BCUT2D eigenvalue weighted by Gasteiger charge is 2.28. The summed E-state index contributed by atoms with van der Waals surface area (Å²) in [5.41, 5.74) is 1.53. The third kappa shape index (κ3) is 3.14. The number of hydrogen-bond acceptors (Lipinski definition) is 4. The van der Waals surface area contributed by atoms with E-state index in [4.69, 9.17) is 16.3 Å². The first-order chi connectivity index (χ1) is 12.1. The Morgan fingerprint density at radius 2 is 2.00 bits per heavy atom. The zero-order valence-corrected chi connectivity index (χ0v) is 14.3. The molecule has 130 valence electrons. The second-order valence-electron chi connectivity index (χ2n) is 6.15. The van der Waals surface area contributed by atoms with E-state index in [9.17, 15) is 9.18 Å². The highest BCUT2D eigenvalue weighted by molar-refractivity contribution is 6.31. The van der Waals surface area contributed by atoms with Crippen molar-refractivity contribution in [3.05, 3.63) is 52.4 Å². The van der Waals surface area contributed by atoms with E-state index in [2.05, 4.69) is 4.98 Å². The number of fused-ring (bicyclic) bond motifs is 1. The summed E-state index contributed by atoms with van der Waals surface area (Å²) in [4.78, 5) is 20.8. The van der Waals surface area contributed by atoms with Gasteiger partial charge in [-0.1, -0.05) is 11.6 Å². The molecule has 0 saturated carbocycles. The smallest absolute Gasteiger partial charge is 0.257 e. The summed E-state index contributed by atoms with van der Waals surface area (Å²) in [7, 11) is 0. The number of rotatable bonds is 2. The van der Waals surface area contributed by atoms with Crippen LogP contribution >= 0.6 is 11.6 Å². The average Bonchev–Trinajstić information content (AvgIpc) is 3.09. The van der Waals surface area contributed by atoms with Gasteiger partial charge in [-0.15, -0.1) is 0 Å². The Balaban J connectivity index is 1.48. The zero-order chi connectivity index (χ0) is 17.4. The third-order valence-corrected chi connectivity index (χ3v) is 4.80. The number of hydrogen-bond donors (Lipinski definition) is 0. The number of aromatic nitrogens is 1. The summed E-state index contributed by atoms with van der Waals surface area (Å²) in [5, 5.41) is 0.557. The highest BCUT2D eigenvalue weighted by Crippen LogP contribution is 2.33. The SMILES string of the molecule is O=C(c1cc(Cl)cc2c1OCC2)N1CCN(c2ccc(F)cn2)CC1. The van der Waals surface area contributed by atoms with Crippen molar-refractivity contribution in [2.45, 2.75) is 6.42 Å². The number of pyridine rings is 1. The number of anilines is 1. The van der Waals surface area contributed by atoms with Crippen LogP contribution in [0.4, 0.5) is 10.2 Å². The first-order valence-corrected chi connectivity index (χ1v) is 8.60. The molecule has 25 heavy (non-hydrogen) atoms. The van der Waals surface area contributed by atoms with E-state index < -0.39 is 0 Å². The lowest BCUT2D eigenvalue weighted by Crippen LogP contribution is -2.49. The molecular weight excluding hydrogens is 345 g/mol. The van der Waals surface area contributed by atoms with Gasteiger partial charge in [-0.05, 0) is 29.8 Å². The first kappa shape index (κ1) is 16.1. The predicted octanol–water partition coefficient (Wildman–Crippen LogP) is 2.77. The first-order valence-electron chi connectivity index (χ1n) is 8.23. The van der Waals surface area contributed by atoms with Crippen LogP contribution in [0.2, 0.25) is 5.02 Å². The fraction of sp³-hybridized carbons (Fsp3) is 0.333. The molecule has 1 aromatic carbocycles. The molecule has 5 nitrogen and oxygen atoms in total. The van der Waals surface area contributed by atoms with Crippen LogP contribution in [0.25, 0.3) is 0 Å².